The van der Waals surface area contributed by atoms with Gasteiger partial charge in [-0.05, 0) is 30.7 Å². The standard InChI is InChI=1S/C13H11ClN2O4/c1-7-5-8(3-4-9(7)12(17)18)20-11-10(14)6-15-13(16-11)19-2/h3-6H,1-2H3,(H,17,18). The molecule has 104 valence electrons. The van der Waals surface area contributed by atoms with E-state index >= 15 is 0 Å². The summed E-state index contributed by atoms with van der Waals surface area (Å²) in [6.07, 6.45) is 1.36. The number of carboxylic acid groups (broad SMARTS) is 1. The summed E-state index contributed by atoms with van der Waals surface area (Å²) in [7, 11) is 1.43. The molecule has 0 fully saturated rings. The van der Waals surface area contributed by atoms with Gasteiger partial charge < -0.3 is 14.6 Å². The summed E-state index contributed by atoms with van der Waals surface area (Å²) in [6.45, 7) is 1.68. The van der Waals surface area contributed by atoms with Crippen molar-refractivity contribution in [1.29, 1.82) is 0 Å². The zero-order valence-electron chi connectivity index (χ0n) is 10.8. The predicted octanol–water partition coefficient (Wildman–Crippen LogP) is 2.94. The fourth-order valence-electron chi connectivity index (χ4n) is 1.56. The van der Waals surface area contributed by atoms with Crippen molar-refractivity contribution in [3.05, 3.63) is 40.5 Å². The van der Waals surface area contributed by atoms with E-state index in [-0.39, 0.29) is 22.5 Å². The second kappa shape index (κ2) is 5.75. The third-order valence-electron chi connectivity index (χ3n) is 2.52. The van der Waals surface area contributed by atoms with Gasteiger partial charge in [-0.3, -0.25) is 0 Å². The van der Waals surface area contributed by atoms with E-state index in [0.29, 0.717) is 11.3 Å². The number of aromatic nitrogens is 2. The second-order valence-electron chi connectivity index (χ2n) is 3.89. The third-order valence-corrected chi connectivity index (χ3v) is 2.77. The maximum Gasteiger partial charge on any atom is 0.335 e. The zero-order valence-corrected chi connectivity index (χ0v) is 11.5. The molecule has 20 heavy (non-hydrogen) atoms. The number of nitrogens with zero attached hydrogens (tertiary/aromatic N) is 2. The van der Waals surface area contributed by atoms with E-state index < -0.39 is 5.97 Å². The first kappa shape index (κ1) is 14.1. The number of carboxylic acids is 1. The van der Waals surface area contributed by atoms with E-state index in [0.717, 1.165) is 0 Å². The number of hydrogen-bond donors (Lipinski definition) is 1. The molecule has 2 aromatic rings. The average Bonchev–Trinajstić information content (AvgIpc) is 2.41. The minimum absolute atomic E-state index is 0.128. The van der Waals surface area contributed by atoms with Gasteiger partial charge in [-0.1, -0.05) is 11.6 Å². The quantitative estimate of drug-likeness (QED) is 0.933. The van der Waals surface area contributed by atoms with Crippen LogP contribution in [0.3, 0.4) is 0 Å². The fourth-order valence-corrected chi connectivity index (χ4v) is 1.69. The van der Waals surface area contributed by atoms with Gasteiger partial charge in [0.05, 0.1) is 18.9 Å². The summed E-state index contributed by atoms with van der Waals surface area (Å²) in [5, 5.41) is 9.19. The van der Waals surface area contributed by atoms with E-state index in [1.165, 1.54) is 25.4 Å². The van der Waals surface area contributed by atoms with Crippen LogP contribution in [0.15, 0.2) is 24.4 Å². The van der Waals surface area contributed by atoms with Crippen LogP contribution in [-0.4, -0.2) is 28.2 Å². The van der Waals surface area contributed by atoms with Gasteiger partial charge in [-0.15, -0.1) is 0 Å². The molecule has 7 heteroatoms. The van der Waals surface area contributed by atoms with Crippen molar-refractivity contribution in [3.8, 4) is 17.6 Å². The topological polar surface area (TPSA) is 81.5 Å². The van der Waals surface area contributed by atoms with Crippen molar-refractivity contribution in [2.24, 2.45) is 0 Å². The van der Waals surface area contributed by atoms with Crippen molar-refractivity contribution in [2.45, 2.75) is 6.92 Å². The highest BCUT2D eigenvalue weighted by atomic mass is 35.5. The molecule has 0 spiro atoms. The first-order valence-corrected chi connectivity index (χ1v) is 5.97. The SMILES string of the molecule is COc1ncc(Cl)c(Oc2ccc(C(=O)O)c(C)c2)n1. The zero-order chi connectivity index (χ0) is 14.7. The molecular weight excluding hydrogens is 284 g/mol. The van der Waals surface area contributed by atoms with Crippen LogP contribution in [-0.2, 0) is 0 Å². The maximum absolute atomic E-state index is 10.9. The number of benzene rings is 1. The Morgan fingerprint density at radius 2 is 2.15 bits per heavy atom. The van der Waals surface area contributed by atoms with Gasteiger partial charge in [0.15, 0.2) is 0 Å². The van der Waals surface area contributed by atoms with Crippen molar-refractivity contribution >= 4 is 17.6 Å². The Labute approximate surface area is 120 Å². The molecule has 6 nitrogen and oxygen atoms in total. The molecule has 1 N–H and O–H groups in total. The number of halogens is 1. The summed E-state index contributed by atoms with van der Waals surface area (Å²) in [5.74, 6) is -0.424. The van der Waals surface area contributed by atoms with Gasteiger partial charge in [-0.25, -0.2) is 9.78 Å². The molecule has 0 saturated heterocycles. The molecule has 0 aliphatic carbocycles. The summed E-state index contributed by atoms with van der Waals surface area (Å²) < 4.78 is 10.4. The minimum Gasteiger partial charge on any atom is -0.478 e. The lowest BCUT2D eigenvalue weighted by Gasteiger charge is -2.09. The monoisotopic (exact) mass is 294 g/mol. The number of hydrogen-bond acceptors (Lipinski definition) is 5. The third kappa shape index (κ3) is 2.97. The molecule has 1 heterocycles. The normalized spacial score (nSPS) is 10.2. The number of methoxy groups -OCH3 is 1. The van der Waals surface area contributed by atoms with E-state index in [9.17, 15) is 4.79 Å². The maximum atomic E-state index is 10.9. The largest absolute Gasteiger partial charge is 0.478 e. The lowest BCUT2D eigenvalue weighted by atomic mass is 10.1. The first-order chi connectivity index (χ1) is 9.51. The Balaban J connectivity index is 2.30. The Kier molecular flexibility index (Phi) is 4.05. The van der Waals surface area contributed by atoms with Gasteiger partial charge in [0.1, 0.15) is 10.8 Å². The predicted molar refractivity (Wildman–Crippen MR) is 71.8 cm³/mol. The van der Waals surface area contributed by atoms with Crippen molar-refractivity contribution < 1.29 is 19.4 Å². The van der Waals surface area contributed by atoms with Crippen LogP contribution in [0.25, 0.3) is 0 Å². The number of aromatic carboxylic acids is 1. The molecule has 0 aliphatic heterocycles. The molecule has 0 aliphatic rings. The van der Waals surface area contributed by atoms with Gasteiger partial charge in [0.25, 0.3) is 0 Å². The summed E-state index contributed by atoms with van der Waals surface area (Å²) >= 11 is 5.92. The van der Waals surface area contributed by atoms with Crippen LogP contribution in [0.2, 0.25) is 5.02 Å². The van der Waals surface area contributed by atoms with E-state index in [2.05, 4.69) is 9.97 Å². The van der Waals surface area contributed by atoms with Crippen LogP contribution in [0.5, 0.6) is 17.6 Å². The van der Waals surface area contributed by atoms with E-state index in [1.807, 2.05) is 0 Å². The van der Waals surface area contributed by atoms with Crippen molar-refractivity contribution in [3.63, 3.8) is 0 Å². The molecule has 0 atom stereocenters. The Morgan fingerprint density at radius 3 is 2.75 bits per heavy atom. The lowest BCUT2D eigenvalue weighted by molar-refractivity contribution is 0.0696. The highest BCUT2D eigenvalue weighted by Gasteiger charge is 2.11. The number of rotatable bonds is 4. The molecule has 0 radical (unpaired) electrons. The first-order valence-electron chi connectivity index (χ1n) is 5.59. The van der Waals surface area contributed by atoms with Crippen molar-refractivity contribution in [2.75, 3.05) is 7.11 Å². The van der Waals surface area contributed by atoms with E-state index in [1.54, 1.807) is 13.0 Å². The van der Waals surface area contributed by atoms with Crippen LogP contribution >= 0.6 is 11.6 Å². The number of carbonyl (C=O) groups is 1. The van der Waals surface area contributed by atoms with Crippen LogP contribution in [0.1, 0.15) is 15.9 Å². The van der Waals surface area contributed by atoms with Gasteiger partial charge in [0, 0.05) is 0 Å². The molecule has 0 amide bonds. The lowest BCUT2D eigenvalue weighted by Crippen LogP contribution is -2.00. The Morgan fingerprint density at radius 1 is 1.40 bits per heavy atom. The summed E-state index contributed by atoms with van der Waals surface area (Å²) in [5.41, 5.74) is 0.788. The van der Waals surface area contributed by atoms with Crippen LogP contribution in [0.4, 0.5) is 0 Å². The van der Waals surface area contributed by atoms with Crippen LogP contribution < -0.4 is 9.47 Å². The molecule has 0 unspecified atom stereocenters. The Bertz CT molecular complexity index is 661. The summed E-state index contributed by atoms with van der Waals surface area (Å²) in [6, 6.07) is 4.71. The molecule has 0 saturated carbocycles. The van der Waals surface area contributed by atoms with Crippen molar-refractivity contribution in [1.82, 2.24) is 9.97 Å². The second-order valence-corrected chi connectivity index (χ2v) is 4.30. The van der Waals surface area contributed by atoms with Gasteiger partial charge in [0.2, 0.25) is 5.88 Å². The minimum atomic E-state index is -0.990. The van der Waals surface area contributed by atoms with Gasteiger partial charge >= 0.3 is 12.0 Å². The molecular formula is C13H11ClN2O4. The average molecular weight is 295 g/mol. The number of aryl methyl sites for hydroxylation is 1. The summed E-state index contributed by atoms with van der Waals surface area (Å²) in [4.78, 5) is 18.7. The highest BCUT2D eigenvalue weighted by molar-refractivity contribution is 6.31. The molecule has 1 aromatic heterocycles. The molecule has 2 rings (SSSR count). The molecule has 1 aromatic carbocycles. The van der Waals surface area contributed by atoms with Crippen LogP contribution in [0, 0.1) is 6.92 Å². The highest BCUT2D eigenvalue weighted by Crippen LogP contribution is 2.29. The fraction of sp³-hybridized carbons (Fsp3) is 0.154. The van der Waals surface area contributed by atoms with Gasteiger partial charge in [-0.2, -0.15) is 4.98 Å². The van der Waals surface area contributed by atoms with E-state index in [4.69, 9.17) is 26.2 Å². The number of ether oxygens (including phenoxy) is 2. The Hall–Kier alpha value is -2.34. The molecule has 0 bridgehead atoms. The smallest absolute Gasteiger partial charge is 0.335 e.